The lowest BCUT2D eigenvalue weighted by Gasteiger charge is -2.11. The molecule has 0 aliphatic heterocycles. The molecule has 1 atom stereocenters. The van der Waals surface area contributed by atoms with E-state index in [1.54, 1.807) is 17.4 Å². The maximum atomic E-state index is 13.3. The van der Waals surface area contributed by atoms with E-state index in [9.17, 15) is 4.39 Å². The van der Waals surface area contributed by atoms with Gasteiger partial charge in [-0.2, -0.15) is 0 Å². The van der Waals surface area contributed by atoms with Gasteiger partial charge in [0.15, 0.2) is 0 Å². The first-order chi connectivity index (χ1) is 10.0. The summed E-state index contributed by atoms with van der Waals surface area (Å²) in [5.41, 5.74) is 3.96. The molecule has 0 nitrogen and oxygen atoms in total. The number of benzene rings is 2. The number of thiophene rings is 1. The molecule has 0 bridgehead atoms. The van der Waals surface area contributed by atoms with E-state index < -0.39 is 0 Å². The Labute approximate surface area is 136 Å². The van der Waals surface area contributed by atoms with E-state index in [4.69, 9.17) is 0 Å². The monoisotopic (exact) mass is 362 g/mol. The number of rotatable bonds is 3. The zero-order valence-corrected chi connectivity index (χ0v) is 14.4. The van der Waals surface area contributed by atoms with Gasteiger partial charge in [-0.3, -0.25) is 0 Å². The zero-order valence-electron chi connectivity index (χ0n) is 12.0. The van der Waals surface area contributed by atoms with E-state index in [1.807, 2.05) is 6.07 Å². The molecule has 0 saturated heterocycles. The smallest absolute Gasteiger partial charge is 0.124 e. The van der Waals surface area contributed by atoms with Crippen molar-refractivity contribution in [1.29, 1.82) is 0 Å². The van der Waals surface area contributed by atoms with Crippen LogP contribution in [-0.2, 0) is 6.42 Å². The highest BCUT2D eigenvalue weighted by Crippen LogP contribution is 2.36. The summed E-state index contributed by atoms with van der Waals surface area (Å²) in [6.45, 7) is 4.27. The Hall–Kier alpha value is -1.19. The Bertz CT molecular complexity index is 791. The predicted molar refractivity (Wildman–Crippen MR) is 93.1 cm³/mol. The highest BCUT2D eigenvalue weighted by Gasteiger charge is 2.14. The Morgan fingerprint density at radius 1 is 1.10 bits per heavy atom. The lowest BCUT2D eigenvalue weighted by atomic mass is 10.0. The standard InChI is InChI=1S/C18H16BrFS/c1-11-3-4-12(2)14(7-11)8-16(19)18-9-13-5-6-15(20)10-17(13)21-18/h3-7,9-10,16H,8H2,1-2H3. The van der Waals surface area contributed by atoms with Crippen LogP contribution in [0.1, 0.15) is 26.4 Å². The molecule has 0 amide bonds. The molecule has 0 aliphatic rings. The molecule has 3 aromatic rings. The van der Waals surface area contributed by atoms with Crippen LogP contribution in [-0.4, -0.2) is 0 Å². The summed E-state index contributed by atoms with van der Waals surface area (Å²) in [7, 11) is 0. The van der Waals surface area contributed by atoms with Crippen LogP contribution in [0.4, 0.5) is 4.39 Å². The Morgan fingerprint density at radius 2 is 1.90 bits per heavy atom. The van der Waals surface area contributed by atoms with Crippen LogP contribution in [0.15, 0.2) is 42.5 Å². The normalized spacial score (nSPS) is 12.8. The SMILES string of the molecule is Cc1ccc(C)c(CC(Br)c2cc3ccc(F)cc3s2)c1. The molecule has 0 saturated carbocycles. The van der Waals surface area contributed by atoms with Crippen molar-refractivity contribution in [3.63, 3.8) is 0 Å². The second-order valence-corrected chi connectivity index (χ2v) is 7.65. The minimum atomic E-state index is -0.170. The lowest BCUT2D eigenvalue weighted by molar-refractivity contribution is 0.630. The summed E-state index contributed by atoms with van der Waals surface area (Å²) in [6, 6.07) is 13.7. The van der Waals surface area contributed by atoms with Gasteiger partial charge in [-0.05, 0) is 55.0 Å². The van der Waals surface area contributed by atoms with Crippen LogP contribution < -0.4 is 0 Å². The van der Waals surface area contributed by atoms with Crippen LogP contribution in [0.3, 0.4) is 0 Å². The molecule has 1 heterocycles. The summed E-state index contributed by atoms with van der Waals surface area (Å²) in [6.07, 6.45) is 0.947. The van der Waals surface area contributed by atoms with E-state index in [1.165, 1.54) is 27.6 Å². The van der Waals surface area contributed by atoms with Gasteiger partial charge in [-0.1, -0.05) is 45.8 Å². The molecule has 3 rings (SSSR count). The minimum Gasteiger partial charge on any atom is -0.207 e. The van der Waals surface area contributed by atoms with Crippen molar-refractivity contribution in [2.24, 2.45) is 0 Å². The molecule has 0 radical (unpaired) electrons. The van der Waals surface area contributed by atoms with Gasteiger partial charge in [0.05, 0.1) is 4.83 Å². The molecule has 0 fully saturated rings. The third-order valence-electron chi connectivity index (χ3n) is 3.71. The van der Waals surface area contributed by atoms with Crippen LogP contribution in [0.5, 0.6) is 0 Å². The molecule has 21 heavy (non-hydrogen) atoms. The van der Waals surface area contributed by atoms with Gasteiger partial charge >= 0.3 is 0 Å². The Morgan fingerprint density at radius 3 is 2.71 bits per heavy atom. The van der Waals surface area contributed by atoms with E-state index in [0.29, 0.717) is 0 Å². The van der Waals surface area contributed by atoms with Crippen molar-refractivity contribution in [3.8, 4) is 0 Å². The fourth-order valence-electron chi connectivity index (χ4n) is 2.49. The van der Waals surface area contributed by atoms with E-state index in [2.05, 4.69) is 54.0 Å². The number of halogens is 2. The molecule has 108 valence electrons. The number of fused-ring (bicyclic) bond motifs is 1. The third-order valence-corrected chi connectivity index (χ3v) is 6.05. The van der Waals surface area contributed by atoms with Gasteiger partial charge in [-0.25, -0.2) is 4.39 Å². The quantitative estimate of drug-likeness (QED) is 0.477. The van der Waals surface area contributed by atoms with Gasteiger partial charge in [0, 0.05) is 9.58 Å². The predicted octanol–water partition coefficient (Wildman–Crippen LogP) is 6.34. The van der Waals surface area contributed by atoms with Crippen molar-refractivity contribution in [2.45, 2.75) is 25.1 Å². The summed E-state index contributed by atoms with van der Waals surface area (Å²) in [5, 5.41) is 1.11. The maximum Gasteiger partial charge on any atom is 0.124 e. The van der Waals surface area contributed by atoms with E-state index >= 15 is 0 Å². The van der Waals surface area contributed by atoms with Crippen molar-refractivity contribution in [2.75, 3.05) is 0 Å². The molecule has 0 aliphatic carbocycles. The average molecular weight is 363 g/mol. The van der Waals surface area contributed by atoms with Crippen molar-refractivity contribution >= 4 is 37.4 Å². The van der Waals surface area contributed by atoms with Crippen molar-refractivity contribution < 1.29 is 4.39 Å². The van der Waals surface area contributed by atoms with Gasteiger partial charge in [-0.15, -0.1) is 11.3 Å². The first-order valence-electron chi connectivity index (χ1n) is 6.92. The van der Waals surface area contributed by atoms with Crippen LogP contribution in [0.25, 0.3) is 10.1 Å². The minimum absolute atomic E-state index is 0.170. The molecular formula is C18H16BrFS. The average Bonchev–Trinajstić information content (AvgIpc) is 2.86. The molecular weight excluding hydrogens is 347 g/mol. The molecule has 1 aromatic heterocycles. The van der Waals surface area contributed by atoms with Crippen LogP contribution in [0, 0.1) is 19.7 Å². The number of hydrogen-bond acceptors (Lipinski definition) is 1. The number of aryl methyl sites for hydroxylation is 2. The summed E-state index contributed by atoms with van der Waals surface area (Å²) in [4.78, 5) is 1.51. The zero-order chi connectivity index (χ0) is 15.0. The van der Waals surface area contributed by atoms with Gasteiger partial charge in [0.1, 0.15) is 5.82 Å². The fourth-order valence-corrected chi connectivity index (χ4v) is 4.32. The largest absolute Gasteiger partial charge is 0.207 e. The lowest BCUT2D eigenvalue weighted by Crippen LogP contribution is -1.96. The highest BCUT2D eigenvalue weighted by atomic mass is 79.9. The van der Waals surface area contributed by atoms with Gasteiger partial charge < -0.3 is 0 Å². The summed E-state index contributed by atoms with van der Waals surface area (Å²) < 4.78 is 14.3. The van der Waals surface area contributed by atoms with Crippen LogP contribution >= 0.6 is 27.3 Å². The fraction of sp³-hybridized carbons (Fsp3) is 0.222. The first kappa shape index (κ1) is 14.7. The Kier molecular flexibility index (Phi) is 4.14. The topological polar surface area (TPSA) is 0 Å². The van der Waals surface area contributed by atoms with Crippen molar-refractivity contribution in [1.82, 2.24) is 0 Å². The number of alkyl halides is 1. The molecule has 2 aromatic carbocycles. The summed E-state index contributed by atoms with van der Waals surface area (Å²) in [5.74, 6) is -0.170. The van der Waals surface area contributed by atoms with Gasteiger partial charge in [0.25, 0.3) is 0 Å². The summed E-state index contributed by atoms with van der Waals surface area (Å²) >= 11 is 5.46. The molecule has 1 unspecified atom stereocenters. The molecule has 0 N–H and O–H groups in total. The molecule has 3 heteroatoms. The van der Waals surface area contributed by atoms with Crippen LogP contribution in [0.2, 0.25) is 0 Å². The van der Waals surface area contributed by atoms with Crippen molar-refractivity contribution in [3.05, 3.63) is 69.8 Å². The van der Waals surface area contributed by atoms with E-state index in [-0.39, 0.29) is 10.6 Å². The third kappa shape index (κ3) is 3.19. The first-order valence-corrected chi connectivity index (χ1v) is 8.65. The van der Waals surface area contributed by atoms with E-state index in [0.717, 1.165) is 16.5 Å². The molecule has 0 spiro atoms. The maximum absolute atomic E-state index is 13.3. The van der Waals surface area contributed by atoms with Gasteiger partial charge in [0.2, 0.25) is 0 Å². The second kappa shape index (κ2) is 5.90. The Balaban J connectivity index is 1.89. The highest BCUT2D eigenvalue weighted by molar-refractivity contribution is 9.09. The number of hydrogen-bond donors (Lipinski definition) is 0. The second-order valence-electron chi connectivity index (χ2n) is 5.43.